The van der Waals surface area contributed by atoms with Crippen LogP contribution in [0.2, 0.25) is 5.02 Å². The molecule has 0 aliphatic carbocycles. The fourth-order valence-electron chi connectivity index (χ4n) is 4.52. The standard InChI is InChI=1S/C25H20ClN5O4S3/c1-12-20-23-21(30-11-29-20)19-6-3-14(36-19)10-27-24(32)16-8-15(4-5-17(16)26)38(33,34)31-18-7-13(22(12)37-23)9-28-25(18)35-2/h3-9,11,20,23,31H,10H2,1-2H3,(H,27,32). The van der Waals surface area contributed by atoms with Gasteiger partial charge in [-0.15, -0.1) is 23.1 Å². The number of halogens is 1. The highest BCUT2D eigenvalue weighted by Crippen LogP contribution is 2.48. The monoisotopic (exact) mass is 585 g/mol. The van der Waals surface area contributed by atoms with E-state index in [1.54, 1.807) is 41.7 Å². The van der Waals surface area contributed by atoms with Crippen molar-refractivity contribution in [2.24, 2.45) is 9.98 Å². The smallest absolute Gasteiger partial charge is 0.262 e. The number of nitrogens with one attached hydrogen (secondary N) is 2. The molecule has 0 saturated carbocycles. The van der Waals surface area contributed by atoms with Gasteiger partial charge >= 0.3 is 0 Å². The highest BCUT2D eigenvalue weighted by atomic mass is 35.5. The van der Waals surface area contributed by atoms with Crippen LogP contribution in [0.1, 0.15) is 32.6 Å². The topological polar surface area (TPSA) is 122 Å². The number of amides is 1. The molecule has 0 spiro atoms. The van der Waals surface area contributed by atoms with Crippen LogP contribution in [0.4, 0.5) is 5.69 Å². The zero-order valence-electron chi connectivity index (χ0n) is 20.1. The van der Waals surface area contributed by atoms with Gasteiger partial charge in [0, 0.05) is 21.5 Å². The number of hydrogen-bond donors (Lipinski definition) is 2. The molecule has 0 fully saturated rings. The van der Waals surface area contributed by atoms with Gasteiger partial charge in [0.15, 0.2) is 0 Å². The molecule has 6 rings (SSSR count). The lowest BCUT2D eigenvalue weighted by molar-refractivity contribution is 0.0951. The molecule has 38 heavy (non-hydrogen) atoms. The lowest BCUT2D eigenvalue weighted by Gasteiger charge is -2.21. The van der Waals surface area contributed by atoms with E-state index in [4.69, 9.17) is 16.3 Å². The molecule has 13 heteroatoms. The molecule has 1 amide bonds. The molecule has 3 aromatic rings. The number of rotatable bonds is 1. The summed E-state index contributed by atoms with van der Waals surface area (Å²) in [7, 11) is -2.70. The quantitative estimate of drug-likeness (QED) is 0.430. The molecule has 2 atom stereocenters. The minimum atomic E-state index is -4.12. The Hall–Kier alpha value is -3.19. The van der Waals surface area contributed by atoms with Crippen LogP contribution in [0.5, 0.6) is 5.88 Å². The van der Waals surface area contributed by atoms with Gasteiger partial charge in [0.05, 0.1) is 51.0 Å². The minimum absolute atomic E-state index is 0.0455. The number of ether oxygens (including phenoxy) is 1. The number of thiophene rings is 1. The summed E-state index contributed by atoms with van der Waals surface area (Å²) in [6, 6.07) is 9.53. The molecule has 5 heterocycles. The molecule has 0 saturated heterocycles. The first-order valence-corrected chi connectivity index (χ1v) is 15.0. The molecule has 9 nitrogen and oxygen atoms in total. The first kappa shape index (κ1) is 25.1. The summed E-state index contributed by atoms with van der Waals surface area (Å²) in [5.74, 6) is -0.369. The second kappa shape index (κ2) is 9.53. The van der Waals surface area contributed by atoms with Gasteiger partial charge in [-0.25, -0.2) is 18.4 Å². The van der Waals surface area contributed by atoms with E-state index in [1.165, 1.54) is 25.3 Å². The Balaban J connectivity index is 1.51. The van der Waals surface area contributed by atoms with Crippen molar-refractivity contribution in [3.8, 4) is 5.88 Å². The van der Waals surface area contributed by atoms with Crippen LogP contribution < -0.4 is 14.8 Å². The number of pyridine rings is 1. The second-order valence-corrected chi connectivity index (χ2v) is 13.2. The van der Waals surface area contributed by atoms with E-state index in [2.05, 4.69) is 25.0 Å². The van der Waals surface area contributed by atoms with Crippen molar-refractivity contribution in [2.45, 2.75) is 29.7 Å². The molecule has 2 N–H and O–H groups in total. The SMILES string of the molecule is COc1ncc2cc1NS(=O)(=O)c1ccc(Cl)c(c1)C(=O)NCc1ccc(s1)C1=NC=NC3C(C)=C2SC13. The number of aliphatic imine (C=N–C) groups is 2. The van der Waals surface area contributed by atoms with Gasteiger partial charge in [0.25, 0.3) is 15.9 Å². The molecular weight excluding hydrogens is 566 g/mol. The van der Waals surface area contributed by atoms with Crippen molar-refractivity contribution in [3.05, 3.63) is 74.1 Å². The zero-order valence-corrected chi connectivity index (χ0v) is 23.3. The fourth-order valence-corrected chi connectivity index (χ4v) is 8.36. The maximum atomic E-state index is 13.4. The number of carbonyl (C=O) groups is 1. The van der Waals surface area contributed by atoms with E-state index in [9.17, 15) is 13.2 Å². The number of sulfonamides is 1. The third-order valence-corrected chi connectivity index (χ3v) is 10.7. The number of benzene rings is 1. The van der Waals surface area contributed by atoms with Gasteiger partial charge in [0.2, 0.25) is 5.88 Å². The predicted molar refractivity (Wildman–Crippen MR) is 151 cm³/mol. The van der Waals surface area contributed by atoms with E-state index < -0.39 is 15.9 Å². The maximum Gasteiger partial charge on any atom is 0.262 e. The predicted octanol–water partition coefficient (Wildman–Crippen LogP) is 4.60. The summed E-state index contributed by atoms with van der Waals surface area (Å²) in [6.45, 7) is 2.28. The molecule has 8 bridgehead atoms. The molecule has 1 aromatic carbocycles. The molecule has 2 unspecified atom stereocenters. The average molecular weight is 586 g/mol. The number of nitrogens with zero attached hydrogens (tertiary/aromatic N) is 3. The second-order valence-electron chi connectivity index (χ2n) is 8.75. The Morgan fingerprint density at radius 1 is 1.18 bits per heavy atom. The summed E-state index contributed by atoms with van der Waals surface area (Å²) in [5, 5.41) is 2.93. The molecule has 194 valence electrons. The normalized spacial score (nSPS) is 21.7. The van der Waals surface area contributed by atoms with Crippen molar-refractivity contribution in [1.82, 2.24) is 10.3 Å². The first-order chi connectivity index (χ1) is 18.2. The minimum Gasteiger partial charge on any atom is -0.480 e. The summed E-state index contributed by atoms with van der Waals surface area (Å²) in [5.41, 5.74) is 2.92. The van der Waals surface area contributed by atoms with Crippen molar-refractivity contribution in [2.75, 3.05) is 11.8 Å². The third kappa shape index (κ3) is 4.31. The van der Waals surface area contributed by atoms with Crippen LogP contribution in [0.15, 0.2) is 63.0 Å². The van der Waals surface area contributed by atoms with Crippen molar-refractivity contribution < 1.29 is 17.9 Å². The summed E-state index contributed by atoms with van der Waals surface area (Å²) in [4.78, 5) is 29.4. The molecule has 0 radical (unpaired) electrons. The van der Waals surface area contributed by atoms with Crippen LogP contribution in [0.25, 0.3) is 4.91 Å². The van der Waals surface area contributed by atoms with Gasteiger partial charge in [-0.2, -0.15) is 0 Å². The van der Waals surface area contributed by atoms with Crippen LogP contribution >= 0.6 is 34.7 Å². The number of carbonyl (C=O) groups excluding carboxylic acids is 1. The molecule has 3 aliphatic heterocycles. The number of aromatic nitrogens is 1. The Bertz CT molecular complexity index is 1700. The Morgan fingerprint density at radius 2 is 2.03 bits per heavy atom. The van der Waals surface area contributed by atoms with E-state index in [0.29, 0.717) is 0 Å². The van der Waals surface area contributed by atoms with Crippen LogP contribution in [0.3, 0.4) is 0 Å². The number of thioether (sulfide) groups is 1. The van der Waals surface area contributed by atoms with Gasteiger partial charge in [-0.3, -0.25) is 14.5 Å². The number of methoxy groups -OCH3 is 1. The van der Waals surface area contributed by atoms with Gasteiger partial charge < -0.3 is 10.1 Å². The van der Waals surface area contributed by atoms with Gasteiger partial charge in [0.1, 0.15) is 12.0 Å². The largest absolute Gasteiger partial charge is 0.480 e. The molecule has 2 aromatic heterocycles. The number of anilines is 1. The average Bonchev–Trinajstić information content (AvgIpc) is 3.51. The van der Waals surface area contributed by atoms with E-state index in [0.717, 1.165) is 31.5 Å². The van der Waals surface area contributed by atoms with E-state index >= 15 is 0 Å². The highest BCUT2D eigenvalue weighted by Gasteiger charge is 2.39. The summed E-state index contributed by atoms with van der Waals surface area (Å²) in [6.07, 6.45) is 3.25. The van der Waals surface area contributed by atoms with Crippen molar-refractivity contribution >= 4 is 73.3 Å². The lowest BCUT2D eigenvalue weighted by Crippen LogP contribution is -2.30. The summed E-state index contributed by atoms with van der Waals surface area (Å²) < 4.78 is 34.7. The molecule has 3 aliphatic rings. The van der Waals surface area contributed by atoms with Crippen LogP contribution in [-0.4, -0.2) is 49.8 Å². The van der Waals surface area contributed by atoms with E-state index in [-0.39, 0.29) is 44.9 Å². The van der Waals surface area contributed by atoms with Crippen molar-refractivity contribution in [1.29, 1.82) is 0 Å². The first-order valence-electron chi connectivity index (χ1n) is 11.5. The molecular formula is C25H20ClN5O4S3. The van der Waals surface area contributed by atoms with Gasteiger partial charge in [-0.05, 0) is 48.9 Å². The number of hydrogen-bond acceptors (Lipinski definition) is 9. The highest BCUT2D eigenvalue weighted by molar-refractivity contribution is 8.10. The maximum absolute atomic E-state index is 13.4. The van der Waals surface area contributed by atoms with E-state index in [1.807, 2.05) is 19.1 Å². The zero-order chi connectivity index (χ0) is 26.6. The number of fused-ring (bicyclic) bond motifs is 9. The Morgan fingerprint density at radius 3 is 2.84 bits per heavy atom. The Kier molecular flexibility index (Phi) is 6.29. The van der Waals surface area contributed by atoms with Crippen molar-refractivity contribution in [3.63, 3.8) is 0 Å². The third-order valence-electron chi connectivity index (χ3n) is 6.41. The van der Waals surface area contributed by atoms with Crippen LogP contribution in [-0.2, 0) is 16.6 Å². The lowest BCUT2D eigenvalue weighted by atomic mass is 9.99. The van der Waals surface area contributed by atoms with Gasteiger partial charge in [-0.1, -0.05) is 11.6 Å². The summed E-state index contributed by atoms with van der Waals surface area (Å²) >= 11 is 9.45. The fraction of sp³-hybridized carbons (Fsp3) is 0.200. The van der Waals surface area contributed by atoms with Crippen LogP contribution in [0, 0.1) is 0 Å². The Labute approximate surface area is 232 Å².